The van der Waals surface area contributed by atoms with E-state index in [0.717, 1.165) is 17.1 Å². The molecule has 0 spiro atoms. The first-order chi connectivity index (χ1) is 9.33. The second kappa shape index (κ2) is 4.86. The van der Waals surface area contributed by atoms with Crippen LogP contribution in [0.25, 0.3) is 5.69 Å². The predicted octanol–water partition coefficient (Wildman–Crippen LogP) is 3.20. The lowest BCUT2D eigenvalue weighted by Crippen LogP contribution is -1.98. The second-order valence-corrected chi connectivity index (χ2v) is 4.23. The molecule has 2 aromatic carbocycles. The van der Waals surface area contributed by atoms with E-state index in [1.165, 1.54) is 0 Å². The molecule has 19 heavy (non-hydrogen) atoms. The van der Waals surface area contributed by atoms with Gasteiger partial charge in [-0.1, -0.05) is 18.2 Å². The Morgan fingerprint density at radius 3 is 2.63 bits per heavy atom. The van der Waals surface area contributed by atoms with Gasteiger partial charge in [0.2, 0.25) is 0 Å². The molecule has 0 radical (unpaired) electrons. The Morgan fingerprint density at radius 2 is 1.89 bits per heavy atom. The van der Waals surface area contributed by atoms with Gasteiger partial charge < -0.3 is 15.6 Å². The summed E-state index contributed by atoms with van der Waals surface area (Å²) in [6.45, 7) is 0. The third-order valence-corrected chi connectivity index (χ3v) is 2.89. The Hall–Kier alpha value is -2.75. The largest absolute Gasteiger partial charge is 0.397 e. The quantitative estimate of drug-likeness (QED) is 0.702. The molecule has 0 aliphatic carbocycles. The van der Waals surface area contributed by atoms with Crippen LogP contribution >= 0.6 is 0 Å². The molecule has 0 aliphatic rings. The van der Waals surface area contributed by atoms with Crippen molar-refractivity contribution in [2.75, 3.05) is 11.1 Å². The molecule has 4 heteroatoms. The number of nitrogens with two attached hydrogens (primary N) is 1. The van der Waals surface area contributed by atoms with E-state index in [0.29, 0.717) is 5.69 Å². The van der Waals surface area contributed by atoms with Gasteiger partial charge in [-0.15, -0.1) is 0 Å². The highest BCUT2D eigenvalue weighted by Crippen LogP contribution is 2.25. The molecule has 0 atom stereocenters. The van der Waals surface area contributed by atoms with Crippen molar-refractivity contribution in [3.05, 3.63) is 67.3 Å². The van der Waals surface area contributed by atoms with Crippen LogP contribution in [0.5, 0.6) is 0 Å². The van der Waals surface area contributed by atoms with Crippen molar-refractivity contribution in [3.63, 3.8) is 0 Å². The third-order valence-electron chi connectivity index (χ3n) is 2.89. The minimum Gasteiger partial charge on any atom is -0.397 e. The highest BCUT2D eigenvalue weighted by molar-refractivity contribution is 5.74. The molecule has 0 saturated heterocycles. The van der Waals surface area contributed by atoms with Crippen molar-refractivity contribution in [1.82, 2.24) is 9.55 Å². The first-order valence-corrected chi connectivity index (χ1v) is 6.03. The lowest BCUT2D eigenvalue weighted by atomic mass is 10.2. The number of para-hydroxylation sites is 1. The molecular weight excluding hydrogens is 236 g/mol. The van der Waals surface area contributed by atoms with Gasteiger partial charge in [0.25, 0.3) is 0 Å². The van der Waals surface area contributed by atoms with Gasteiger partial charge in [-0.25, -0.2) is 4.98 Å². The van der Waals surface area contributed by atoms with Gasteiger partial charge >= 0.3 is 0 Å². The van der Waals surface area contributed by atoms with Gasteiger partial charge in [-0.3, -0.25) is 0 Å². The number of nitrogens with one attached hydrogen (secondary N) is 1. The van der Waals surface area contributed by atoms with Crippen molar-refractivity contribution in [1.29, 1.82) is 0 Å². The summed E-state index contributed by atoms with van der Waals surface area (Å²) in [4.78, 5) is 4.05. The SMILES string of the molecule is Nc1ccc(-n2ccnc2)cc1Nc1ccccc1. The van der Waals surface area contributed by atoms with E-state index in [-0.39, 0.29) is 0 Å². The number of benzene rings is 2. The monoisotopic (exact) mass is 250 g/mol. The molecule has 3 N–H and O–H groups in total. The Balaban J connectivity index is 1.95. The molecule has 0 saturated carbocycles. The van der Waals surface area contributed by atoms with E-state index < -0.39 is 0 Å². The predicted molar refractivity (Wildman–Crippen MR) is 77.7 cm³/mol. The molecule has 1 heterocycles. The van der Waals surface area contributed by atoms with Crippen LogP contribution < -0.4 is 11.1 Å². The number of aromatic nitrogens is 2. The molecule has 1 aromatic heterocycles. The summed E-state index contributed by atoms with van der Waals surface area (Å²) in [5, 5.41) is 3.32. The van der Waals surface area contributed by atoms with E-state index in [1.807, 2.05) is 59.3 Å². The van der Waals surface area contributed by atoms with Gasteiger partial charge in [0.1, 0.15) is 0 Å². The number of anilines is 3. The average Bonchev–Trinajstić information content (AvgIpc) is 2.96. The number of imidazole rings is 1. The topological polar surface area (TPSA) is 55.9 Å². The molecule has 4 nitrogen and oxygen atoms in total. The van der Waals surface area contributed by atoms with Crippen LogP contribution in [-0.4, -0.2) is 9.55 Å². The molecular formula is C15H14N4. The fraction of sp³-hybridized carbons (Fsp3) is 0. The molecule has 0 aliphatic heterocycles. The maximum atomic E-state index is 6.00. The summed E-state index contributed by atoms with van der Waals surface area (Å²) >= 11 is 0. The van der Waals surface area contributed by atoms with Gasteiger partial charge in [0, 0.05) is 23.8 Å². The highest BCUT2D eigenvalue weighted by atomic mass is 15.0. The lowest BCUT2D eigenvalue weighted by molar-refractivity contribution is 1.06. The average molecular weight is 250 g/mol. The molecule has 0 amide bonds. The summed E-state index contributed by atoms with van der Waals surface area (Å²) in [7, 11) is 0. The number of nitrogens with zero attached hydrogens (tertiary/aromatic N) is 2. The zero-order valence-electron chi connectivity index (χ0n) is 10.3. The van der Waals surface area contributed by atoms with Crippen molar-refractivity contribution in [2.45, 2.75) is 0 Å². The molecule has 0 fully saturated rings. The smallest absolute Gasteiger partial charge is 0.0991 e. The molecule has 0 bridgehead atoms. The maximum absolute atomic E-state index is 6.00. The van der Waals surface area contributed by atoms with Gasteiger partial charge in [0.15, 0.2) is 0 Å². The van der Waals surface area contributed by atoms with Gasteiger partial charge in [-0.05, 0) is 30.3 Å². The van der Waals surface area contributed by atoms with E-state index in [1.54, 1.807) is 12.5 Å². The molecule has 0 unspecified atom stereocenters. The number of rotatable bonds is 3. The van der Waals surface area contributed by atoms with Crippen molar-refractivity contribution in [2.24, 2.45) is 0 Å². The minimum atomic E-state index is 0.715. The fourth-order valence-electron chi connectivity index (χ4n) is 1.90. The van der Waals surface area contributed by atoms with Crippen LogP contribution in [0.15, 0.2) is 67.3 Å². The Labute approximate surface area is 111 Å². The normalized spacial score (nSPS) is 10.3. The van der Waals surface area contributed by atoms with Crippen molar-refractivity contribution < 1.29 is 0 Å². The second-order valence-electron chi connectivity index (χ2n) is 4.23. The zero-order valence-corrected chi connectivity index (χ0v) is 10.3. The zero-order chi connectivity index (χ0) is 13.1. The number of hydrogen-bond acceptors (Lipinski definition) is 3. The van der Waals surface area contributed by atoms with E-state index in [9.17, 15) is 0 Å². The highest BCUT2D eigenvalue weighted by Gasteiger charge is 2.03. The van der Waals surface area contributed by atoms with Crippen LogP contribution in [0, 0.1) is 0 Å². The third kappa shape index (κ3) is 2.42. The van der Waals surface area contributed by atoms with E-state index in [2.05, 4.69) is 10.3 Å². The summed E-state index contributed by atoms with van der Waals surface area (Å²) in [5.74, 6) is 0. The van der Waals surface area contributed by atoms with E-state index in [4.69, 9.17) is 5.73 Å². The van der Waals surface area contributed by atoms with Crippen molar-refractivity contribution in [3.8, 4) is 5.69 Å². The fourth-order valence-corrected chi connectivity index (χ4v) is 1.90. The summed E-state index contributed by atoms with van der Waals surface area (Å²) < 4.78 is 1.94. The number of nitrogen functional groups attached to an aromatic ring is 1. The Morgan fingerprint density at radius 1 is 1.05 bits per heavy atom. The van der Waals surface area contributed by atoms with Crippen LogP contribution in [0.2, 0.25) is 0 Å². The lowest BCUT2D eigenvalue weighted by Gasteiger charge is -2.11. The summed E-state index contributed by atoms with van der Waals surface area (Å²) in [6.07, 6.45) is 5.41. The maximum Gasteiger partial charge on any atom is 0.0991 e. The number of hydrogen-bond donors (Lipinski definition) is 2. The molecule has 3 rings (SSSR count). The van der Waals surface area contributed by atoms with E-state index >= 15 is 0 Å². The standard InChI is InChI=1S/C15H14N4/c16-14-7-6-13(19-9-8-17-11-19)10-15(14)18-12-4-2-1-3-5-12/h1-11,18H,16H2. The summed E-state index contributed by atoms with van der Waals surface area (Å²) in [5.41, 5.74) is 9.63. The Kier molecular flexibility index (Phi) is 2.90. The Bertz CT molecular complexity index is 660. The molecule has 3 aromatic rings. The van der Waals surface area contributed by atoms with Crippen LogP contribution in [0.1, 0.15) is 0 Å². The summed E-state index contributed by atoms with van der Waals surface area (Å²) in [6, 6.07) is 15.8. The van der Waals surface area contributed by atoms with Gasteiger partial charge in [-0.2, -0.15) is 0 Å². The first-order valence-electron chi connectivity index (χ1n) is 6.03. The van der Waals surface area contributed by atoms with Crippen LogP contribution in [-0.2, 0) is 0 Å². The van der Waals surface area contributed by atoms with Crippen LogP contribution in [0.3, 0.4) is 0 Å². The minimum absolute atomic E-state index is 0.715. The molecule has 94 valence electrons. The first kappa shape index (κ1) is 11.3. The van der Waals surface area contributed by atoms with Crippen LogP contribution in [0.4, 0.5) is 17.1 Å². The van der Waals surface area contributed by atoms with Crippen molar-refractivity contribution >= 4 is 17.1 Å². The van der Waals surface area contributed by atoms with Gasteiger partial charge in [0.05, 0.1) is 17.7 Å².